The van der Waals surface area contributed by atoms with Gasteiger partial charge < -0.3 is 10.2 Å². The average molecular weight is 365 g/mol. The maximum Gasteiger partial charge on any atom is 0.171 e. The molecule has 138 valence electrons. The molecule has 2 aliphatic rings. The van der Waals surface area contributed by atoms with E-state index in [-0.39, 0.29) is 6.04 Å². The Morgan fingerprint density at radius 3 is 3.00 bits per heavy atom. The van der Waals surface area contributed by atoms with Gasteiger partial charge in [-0.25, -0.2) is 8.91 Å². The first kappa shape index (κ1) is 16.3. The van der Waals surface area contributed by atoms with Crippen LogP contribution in [0.1, 0.15) is 42.5 Å². The minimum Gasteiger partial charge on any atom is -0.362 e. The van der Waals surface area contributed by atoms with Crippen molar-refractivity contribution in [3.05, 3.63) is 46.8 Å². The van der Waals surface area contributed by atoms with Gasteiger partial charge in [0, 0.05) is 31.1 Å². The molecule has 0 aliphatic carbocycles. The summed E-state index contributed by atoms with van der Waals surface area (Å²) in [7, 11) is 0. The molecule has 0 aromatic carbocycles. The maximum absolute atomic E-state index is 14.5. The Hall–Kier alpha value is -2.92. The molecule has 2 atom stereocenters. The summed E-state index contributed by atoms with van der Waals surface area (Å²) in [5, 5.41) is 21.7. The van der Waals surface area contributed by atoms with Gasteiger partial charge in [-0.2, -0.15) is 15.5 Å². The van der Waals surface area contributed by atoms with E-state index < -0.39 is 5.82 Å². The molecule has 0 radical (unpaired) electrons. The van der Waals surface area contributed by atoms with Gasteiger partial charge in [-0.05, 0) is 26.0 Å². The van der Waals surface area contributed by atoms with E-state index in [1.54, 1.807) is 6.07 Å². The van der Waals surface area contributed by atoms with Gasteiger partial charge >= 0.3 is 0 Å². The fourth-order valence-corrected chi connectivity index (χ4v) is 4.31. The Kier molecular flexibility index (Phi) is 3.49. The zero-order valence-electron chi connectivity index (χ0n) is 15.3. The fourth-order valence-electron chi connectivity index (χ4n) is 4.31. The smallest absolute Gasteiger partial charge is 0.171 e. The van der Waals surface area contributed by atoms with Crippen molar-refractivity contribution in [1.29, 1.82) is 5.26 Å². The highest BCUT2D eigenvalue weighted by atomic mass is 19.1. The predicted molar refractivity (Wildman–Crippen MR) is 97.9 cm³/mol. The number of anilines is 1. The molecule has 27 heavy (non-hydrogen) atoms. The van der Waals surface area contributed by atoms with Crippen molar-refractivity contribution in [2.24, 2.45) is 0 Å². The van der Waals surface area contributed by atoms with Crippen LogP contribution in [0, 0.1) is 17.1 Å². The van der Waals surface area contributed by atoms with Crippen LogP contribution in [0.15, 0.2) is 18.3 Å². The highest BCUT2D eigenvalue weighted by Crippen LogP contribution is 2.34. The number of hydrogen-bond donors (Lipinski definition) is 1. The number of fused-ring (bicyclic) bond motifs is 4. The minimum absolute atomic E-state index is 0.177. The first-order valence-electron chi connectivity index (χ1n) is 9.20. The summed E-state index contributed by atoms with van der Waals surface area (Å²) in [5.74, 6) is -0.411. The largest absolute Gasteiger partial charge is 0.362 e. The monoisotopic (exact) mass is 365 g/mol. The molecule has 8 heteroatoms. The summed E-state index contributed by atoms with van der Waals surface area (Å²) in [6.45, 7) is 6.51. The molecule has 1 N–H and O–H groups in total. The summed E-state index contributed by atoms with van der Waals surface area (Å²) in [4.78, 5) is 2.17. The minimum atomic E-state index is -0.411. The van der Waals surface area contributed by atoms with Crippen molar-refractivity contribution < 1.29 is 4.39 Å². The molecule has 0 bridgehead atoms. The number of nitriles is 1. The van der Waals surface area contributed by atoms with Crippen LogP contribution in [0.2, 0.25) is 0 Å². The van der Waals surface area contributed by atoms with Gasteiger partial charge in [0.25, 0.3) is 0 Å². The molecular formula is C19H20FN7. The zero-order valence-corrected chi connectivity index (χ0v) is 15.3. The molecule has 5 rings (SSSR count). The third-order valence-electron chi connectivity index (χ3n) is 5.62. The van der Waals surface area contributed by atoms with Crippen LogP contribution in [-0.4, -0.2) is 32.0 Å². The van der Waals surface area contributed by atoms with Gasteiger partial charge in [0.1, 0.15) is 17.3 Å². The third-order valence-corrected chi connectivity index (χ3v) is 5.62. The Labute approximate surface area is 156 Å². The number of aromatic nitrogens is 4. The fraction of sp³-hybridized carbons (Fsp3) is 0.421. The number of halogens is 1. The van der Waals surface area contributed by atoms with E-state index in [1.807, 2.05) is 6.07 Å². The van der Waals surface area contributed by atoms with Crippen LogP contribution in [0.3, 0.4) is 0 Å². The van der Waals surface area contributed by atoms with Gasteiger partial charge in [-0.1, -0.05) is 0 Å². The second kappa shape index (κ2) is 5.79. The molecule has 1 unspecified atom stereocenters. The molecular weight excluding hydrogens is 345 g/mol. The first-order valence-corrected chi connectivity index (χ1v) is 9.20. The summed E-state index contributed by atoms with van der Waals surface area (Å²) < 4.78 is 18.0. The summed E-state index contributed by atoms with van der Waals surface area (Å²) in [6.07, 6.45) is 2.10. The standard InChI is InChI=1S/C19H20FN7/c1-11-5-16-14(7-22-11)18-10-25(9-12(2)26(18)24-16)17-4-3-13(6-21)27-19(17)15(20)8-23-27/h3-4,8,11-12,22H,5,7,9-10H2,1-2H3/t11?,12-/m1/s1. The van der Waals surface area contributed by atoms with Crippen molar-refractivity contribution >= 4 is 11.2 Å². The quantitative estimate of drug-likeness (QED) is 0.715. The number of hydrogen-bond acceptors (Lipinski definition) is 5. The number of nitrogens with zero attached hydrogens (tertiary/aromatic N) is 6. The van der Waals surface area contributed by atoms with E-state index in [2.05, 4.69) is 39.9 Å². The normalized spacial score (nSPS) is 21.8. The highest BCUT2D eigenvalue weighted by Gasteiger charge is 2.31. The van der Waals surface area contributed by atoms with Gasteiger partial charge in [0.05, 0.1) is 35.9 Å². The van der Waals surface area contributed by atoms with Crippen molar-refractivity contribution in [3.63, 3.8) is 0 Å². The van der Waals surface area contributed by atoms with E-state index in [1.165, 1.54) is 27.7 Å². The second-order valence-corrected chi connectivity index (χ2v) is 7.50. The number of rotatable bonds is 1. The lowest BCUT2D eigenvalue weighted by Crippen LogP contribution is -2.38. The van der Waals surface area contributed by atoms with Crippen LogP contribution < -0.4 is 10.2 Å². The maximum atomic E-state index is 14.5. The van der Waals surface area contributed by atoms with E-state index in [0.717, 1.165) is 25.2 Å². The Balaban J connectivity index is 1.61. The summed E-state index contributed by atoms with van der Waals surface area (Å²) in [5.41, 5.74) is 5.06. The number of pyridine rings is 1. The van der Waals surface area contributed by atoms with Gasteiger partial charge in [0.15, 0.2) is 5.82 Å². The van der Waals surface area contributed by atoms with Crippen LogP contribution in [-0.2, 0) is 19.5 Å². The third kappa shape index (κ3) is 2.35. The molecule has 0 saturated carbocycles. The second-order valence-electron chi connectivity index (χ2n) is 7.50. The lowest BCUT2D eigenvalue weighted by Gasteiger charge is -2.34. The van der Waals surface area contributed by atoms with E-state index >= 15 is 0 Å². The topological polar surface area (TPSA) is 74.2 Å². The lowest BCUT2D eigenvalue weighted by atomic mass is 10.0. The molecule has 7 nitrogen and oxygen atoms in total. The van der Waals surface area contributed by atoms with Crippen molar-refractivity contribution in [2.75, 3.05) is 11.4 Å². The Morgan fingerprint density at radius 1 is 1.33 bits per heavy atom. The SMILES string of the molecule is CC1Cc2nn3c(c2CN1)CN(c1ccc(C#N)n2ncc(F)c12)C[C@H]3C. The summed E-state index contributed by atoms with van der Waals surface area (Å²) in [6, 6.07) is 6.20. The Morgan fingerprint density at radius 2 is 2.19 bits per heavy atom. The Bertz CT molecular complexity index is 1090. The zero-order chi connectivity index (χ0) is 18.7. The molecule has 0 fully saturated rings. The van der Waals surface area contributed by atoms with E-state index in [4.69, 9.17) is 5.10 Å². The lowest BCUT2D eigenvalue weighted by molar-refractivity contribution is 0.423. The van der Waals surface area contributed by atoms with Crippen LogP contribution in [0.5, 0.6) is 0 Å². The molecule has 2 aliphatic heterocycles. The predicted octanol–water partition coefficient (Wildman–Crippen LogP) is 2.16. The molecule has 3 aromatic heterocycles. The van der Waals surface area contributed by atoms with Crippen molar-refractivity contribution in [2.45, 2.75) is 45.4 Å². The van der Waals surface area contributed by atoms with Crippen LogP contribution in [0.25, 0.3) is 5.52 Å². The van der Waals surface area contributed by atoms with Crippen molar-refractivity contribution in [3.8, 4) is 6.07 Å². The van der Waals surface area contributed by atoms with E-state index in [9.17, 15) is 9.65 Å². The molecule has 5 heterocycles. The molecule has 0 amide bonds. The molecule has 0 saturated heterocycles. The molecule has 3 aromatic rings. The van der Waals surface area contributed by atoms with Crippen LogP contribution >= 0.6 is 0 Å². The van der Waals surface area contributed by atoms with Crippen LogP contribution in [0.4, 0.5) is 10.1 Å². The highest BCUT2D eigenvalue weighted by molar-refractivity contribution is 5.75. The summed E-state index contributed by atoms with van der Waals surface area (Å²) >= 11 is 0. The number of nitrogens with one attached hydrogen (secondary N) is 1. The van der Waals surface area contributed by atoms with Gasteiger partial charge in [-0.15, -0.1) is 0 Å². The average Bonchev–Trinajstić information content (AvgIpc) is 3.22. The first-order chi connectivity index (χ1) is 13.1. The van der Waals surface area contributed by atoms with Gasteiger partial charge in [-0.3, -0.25) is 4.68 Å². The molecule has 0 spiro atoms. The van der Waals surface area contributed by atoms with Crippen molar-refractivity contribution in [1.82, 2.24) is 24.7 Å². The van der Waals surface area contributed by atoms with Gasteiger partial charge in [0.2, 0.25) is 0 Å². The van der Waals surface area contributed by atoms with E-state index in [0.29, 0.717) is 23.8 Å².